The average Bonchev–Trinajstić information content (AvgIpc) is 3.26. The molecule has 0 atom stereocenters. The molecule has 0 aliphatic carbocycles. The van der Waals surface area contributed by atoms with Crippen molar-refractivity contribution in [3.63, 3.8) is 0 Å². The molecule has 4 aromatic rings. The number of aromatic amines is 1. The lowest BCUT2D eigenvalue weighted by Crippen LogP contribution is -2.36. The maximum atomic E-state index is 14.7. The van der Waals surface area contributed by atoms with Crippen molar-refractivity contribution >= 4 is 16.7 Å². The quantitative estimate of drug-likeness (QED) is 0.520. The summed E-state index contributed by atoms with van der Waals surface area (Å²) in [6.45, 7) is 5.00. The van der Waals surface area contributed by atoms with E-state index in [1.54, 1.807) is 29.2 Å². The van der Waals surface area contributed by atoms with Gasteiger partial charge in [0.1, 0.15) is 5.82 Å². The number of nitrogens with one attached hydrogen (secondary N) is 1. The van der Waals surface area contributed by atoms with Crippen LogP contribution < -0.4 is 5.56 Å². The average molecular weight is 445 g/mol. The number of hydrogen-bond acceptors (Lipinski definition) is 4. The van der Waals surface area contributed by atoms with Crippen LogP contribution >= 0.6 is 0 Å². The zero-order valence-corrected chi connectivity index (χ0v) is 18.5. The second kappa shape index (κ2) is 8.27. The first kappa shape index (κ1) is 21.1. The number of halogens is 1. The topological polar surface area (TPSA) is 83.9 Å². The van der Waals surface area contributed by atoms with Gasteiger partial charge in [0.2, 0.25) is 0 Å². The minimum atomic E-state index is -0.554. The van der Waals surface area contributed by atoms with Gasteiger partial charge in [-0.1, -0.05) is 24.3 Å². The highest BCUT2D eigenvalue weighted by molar-refractivity contribution is 5.95. The van der Waals surface area contributed by atoms with E-state index < -0.39 is 5.82 Å². The van der Waals surface area contributed by atoms with Gasteiger partial charge in [-0.2, -0.15) is 10.2 Å². The second-order valence-electron chi connectivity index (χ2n) is 8.69. The number of carbonyl (C=O) groups excluding carboxylic acids is 1. The molecule has 1 aliphatic heterocycles. The van der Waals surface area contributed by atoms with Crippen molar-refractivity contribution in [2.75, 3.05) is 6.54 Å². The van der Waals surface area contributed by atoms with E-state index in [0.29, 0.717) is 37.0 Å². The molecule has 0 saturated heterocycles. The van der Waals surface area contributed by atoms with Gasteiger partial charge < -0.3 is 4.90 Å². The number of hydrogen-bond donors (Lipinski definition) is 1. The van der Waals surface area contributed by atoms with Crippen molar-refractivity contribution in [3.8, 4) is 0 Å². The molecule has 8 heteroatoms. The third-order valence-electron chi connectivity index (χ3n) is 6.11. The third kappa shape index (κ3) is 3.92. The maximum absolute atomic E-state index is 14.7. The van der Waals surface area contributed by atoms with Crippen LogP contribution in [0.5, 0.6) is 0 Å². The molecule has 7 nitrogen and oxygen atoms in total. The van der Waals surface area contributed by atoms with Crippen molar-refractivity contribution in [2.24, 2.45) is 0 Å². The van der Waals surface area contributed by atoms with Gasteiger partial charge in [-0.25, -0.2) is 9.49 Å². The fourth-order valence-electron chi connectivity index (χ4n) is 4.28. The highest BCUT2D eigenvalue weighted by Gasteiger charge is 2.26. The molecule has 0 radical (unpaired) electrons. The number of rotatable bonds is 4. The molecule has 168 valence electrons. The lowest BCUT2D eigenvalue weighted by molar-refractivity contribution is 0.0727. The number of fused-ring (bicyclic) bond motifs is 2. The first-order valence-corrected chi connectivity index (χ1v) is 11.0. The summed E-state index contributed by atoms with van der Waals surface area (Å²) in [6, 6.07) is 12.0. The standard InChI is InChI=1S/C25H24FN5O2/c1-15(2)31-13-17-9-10-30(14-23(17)29-31)25(33)20-11-16(7-8-21(20)26)12-22-18-5-3-4-6-19(18)24(32)28-27-22/h3-8,11,13,15H,9-10,12,14H2,1-2H3,(H,28,32). The summed E-state index contributed by atoms with van der Waals surface area (Å²) in [4.78, 5) is 26.9. The van der Waals surface area contributed by atoms with E-state index in [1.807, 2.05) is 23.0 Å². The zero-order valence-electron chi connectivity index (χ0n) is 18.5. The third-order valence-corrected chi connectivity index (χ3v) is 6.11. The number of carbonyl (C=O) groups is 1. The number of H-pyrrole nitrogens is 1. The van der Waals surface area contributed by atoms with Gasteiger partial charge >= 0.3 is 0 Å². The monoisotopic (exact) mass is 445 g/mol. The number of nitrogens with zero attached hydrogens (tertiary/aromatic N) is 4. The van der Waals surface area contributed by atoms with Gasteiger partial charge in [0.15, 0.2) is 0 Å². The molecular weight excluding hydrogens is 421 g/mol. The molecule has 0 bridgehead atoms. The van der Waals surface area contributed by atoms with E-state index in [1.165, 1.54) is 6.07 Å². The lowest BCUT2D eigenvalue weighted by atomic mass is 10.0. The summed E-state index contributed by atoms with van der Waals surface area (Å²) in [6.07, 6.45) is 3.09. The Hall–Kier alpha value is -3.81. The van der Waals surface area contributed by atoms with Gasteiger partial charge in [0.25, 0.3) is 11.5 Å². The van der Waals surface area contributed by atoms with Crippen LogP contribution in [0.25, 0.3) is 10.8 Å². The minimum Gasteiger partial charge on any atom is -0.332 e. The Balaban J connectivity index is 1.42. The van der Waals surface area contributed by atoms with Crippen molar-refractivity contribution in [3.05, 3.63) is 92.9 Å². The smallest absolute Gasteiger partial charge is 0.272 e. The molecule has 33 heavy (non-hydrogen) atoms. The zero-order chi connectivity index (χ0) is 23.1. The summed E-state index contributed by atoms with van der Waals surface area (Å²) in [5.74, 6) is -0.903. The van der Waals surface area contributed by atoms with Crippen LogP contribution in [-0.4, -0.2) is 37.3 Å². The van der Waals surface area contributed by atoms with E-state index in [9.17, 15) is 14.0 Å². The Morgan fingerprint density at radius 3 is 2.76 bits per heavy atom. The fourth-order valence-corrected chi connectivity index (χ4v) is 4.28. The summed E-state index contributed by atoms with van der Waals surface area (Å²) >= 11 is 0. The first-order valence-electron chi connectivity index (χ1n) is 11.0. The van der Waals surface area contributed by atoms with Gasteiger partial charge in [0.05, 0.1) is 28.9 Å². The Kier molecular flexibility index (Phi) is 5.28. The lowest BCUT2D eigenvalue weighted by Gasteiger charge is -2.26. The van der Waals surface area contributed by atoms with E-state index in [2.05, 4.69) is 29.1 Å². The first-order chi connectivity index (χ1) is 15.9. The largest absolute Gasteiger partial charge is 0.332 e. The molecule has 1 N–H and O–H groups in total. The molecule has 1 amide bonds. The molecule has 3 heterocycles. The van der Waals surface area contributed by atoms with E-state index >= 15 is 0 Å². The minimum absolute atomic E-state index is 0.0352. The van der Waals surface area contributed by atoms with Crippen LogP contribution in [0, 0.1) is 5.82 Å². The van der Waals surface area contributed by atoms with Crippen molar-refractivity contribution in [2.45, 2.75) is 39.3 Å². The van der Waals surface area contributed by atoms with Crippen LogP contribution in [-0.2, 0) is 19.4 Å². The second-order valence-corrected chi connectivity index (χ2v) is 8.69. The van der Waals surface area contributed by atoms with Gasteiger partial charge in [-0.15, -0.1) is 0 Å². The molecule has 2 aromatic heterocycles. The van der Waals surface area contributed by atoms with Crippen molar-refractivity contribution in [1.82, 2.24) is 24.9 Å². The van der Waals surface area contributed by atoms with Gasteiger partial charge in [-0.3, -0.25) is 14.3 Å². The van der Waals surface area contributed by atoms with Crippen LogP contribution in [0.15, 0.2) is 53.5 Å². The summed E-state index contributed by atoms with van der Waals surface area (Å²) in [7, 11) is 0. The van der Waals surface area contributed by atoms with Crippen LogP contribution in [0.2, 0.25) is 0 Å². The molecular formula is C25H24FN5O2. The van der Waals surface area contributed by atoms with Gasteiger partial charge in [0, 0.05) is 30.6 Å². The van der Waals surface area contributed by atoms with E-state index in [4.69, 9.17) is 0 Å². The summed E-state index contributed by atoms with van der Waals surface area (Å²) in [5, 5.41) is 12.6. The van der Waals surface area contributed by atoms with E-state index in [0.717, 1.165) is 22.2 Å². The van der Waals surface area contributed by atoms with Crippen molar-refractivity contribution < 1.29 is 9.18 Å². The maximum Gasteiger partial charge on any atom is 0.272 e. The normalized spacial score (nSPS) is 13.5. The molecule has 0 unspecified atom stereocenters. The highest BCUT2D eigenvalue weighted by atomic mass is 19.1. The number of benzene rings is 2. The van der Waals surface area contributed by atoms with E-state index in [-0.39, 0.29) is 23.1 Å². The highest BCUT2D eigenvalue weighted by Crippen LogP contribution is 2.23. The van der Waals surface area contributed by atoms with Crippen LogP contribution in [0.4, 0.5) is 4.39 Å². The van der Waals surface area contributed by atoms with Gasteiger partial charge in [-0.05, 0) is 49.6 Å². The summed E-state index contributed by atoms with van der Waals surface area (Å²) < 4.78 is 16.6. The Morgan fingerprint density at radius 2 is 1.97 bits per heavy atom. The fraction of sp³-hybridized carbons (Fsp3) is 0.280. The molecule has 0 spiro atoms. The molecule has 0 fully saturated rings. The molecule has 0 saturated carbocycles. The predicted octanol–water partition coefficient (Wildman–Crippen LogP) is 3.63. The molecule has 2 aromatic carbocycles. The molecule has 1 aliphatic rings. The summed E-state index contributed by atoms with van der Waals surface area (Å²) in [5.41, 5.74) is 3.19. The van der Waals surface area contributed by atoms with Crippen LogP contribution in [0.3, 0.4) is 0 Å². The predicted molar refractivity (Wildman–Crippen MR) is 123 cm³/mol. The van der Waals surface area contributed by atoms with Crippen molar-refractivity contribution in [1.29, 1.82) is 0 Å². The number of amides is 1. The molecule has 5 rings (SSSR count). The Bertz CT molecular complexity index is 1420. The number of aromatic nitrogens is 4. The Morgan fingerprint density at radius 1 is 1.18 bits per heavy atom. The SMILES string of the molecule is CC(C)n1cc2c(n1)CN(C(=O)c1cc(Cc3n[nH]c(=O)c4ccccc34)ccc1F)CC2. The Labute approximate surface area is 189 Å². The van der Waals surface area contributed by atoms with Crippen LogP contribution in [0.1, 0.15) is 52.8 Å².